The van der Waals surface area contributed by atoms with Gasteiger partial charge in [0.05, 0.1) is 0 Å². The van der Waals surface area contributed by atoms with Crippen molar-refractivity contribution in [3.05, 3.63) is 42.8 Å². The second-order valence-electron chi connectivity index (χ2n) is 3.82. The Morgan fingerprint density at radius 2 is 2.33 bits per heavy atom. The van der Waals surface area contributed by atoms with Crippen LogP contribution >= 0.6 is 0 Å². The predicted octanol–water partition coefficient (Wildman–Crippen LogP) is 2.41. The molecule has 0 radical (unpaired) electrons. The maximum absolute atomic E-state index is 11.8. The zero-order chi connectivity index (χ0) is 12.5. The molecule has 90 valence electrons. The summed E-state index contributed by atoms with van der Waals surface area (Å²) >= 11 is 0. The van der Waals surface area contributed by atoms with E-state index < -0.39 is 0 Å². The third-order valence-electron chi connectivity index (χ3n) is 2.48. The van der Waals surface area contributed by atoms with Gasteiger partial charge in [0.1, 0.15) is 11.8 Å². The first-order valence-electron chi connectivity index (χ1n) is 5.39. The number of imidazole rings is 1. The molecule has 3 aromatic rings. The van der Waals surface area contributed by atoms with Crippen molar-refractivity contribution in [2.24, 2.45) is 0 Å². The predicted molar refractivity (Wildman–Crippen MR) is 65.4 cm³/mol. The summed E-state index contributed by atoms with van der Waals surface area (Å²) in [6.45, 7) is 1.78. The van der Waals surface area contributed by atoms with E-state index in [2.05, 4.69) is 15.3 Å². The van der Waals surface area contributed by atoms with Crippen LogP contribution in [0.25, 0.3) is 11.1 Å². The van der Waals surface area contributed by atoms with Gasteiger partial charge in [-0.3, -0.25) is 4.57 Å². The molecule has 2 heterocycles. The molecule has 6 nitrogen and oxygen atoms in total. The Hall–Kier alpha value is -2.63. The standard InChI is InChI=1S/C12H10N4O2/c1-8-14-10-6-9(2-3-11(10)18-8)15-12(17)16-5-4-13-7-16/h2-7H,1H3,(H,15,17). The van der Waals surface area contributed by atoms with E-state index in [0.717, 1.165) is 5.52 Å². The van der Waals surface area contributed by atoms with Gasteiger partial charge in [-0.15, -0.1) is 0 Å². The van der Waals surface area contributed by atoms with E-state index in [9.17, 15) is 4.79 Å². The number of amides is 1. The number of nitrogens with zero attached hydrogens (tertiary/aromatic N) is 3. The van der Waals surface area contributed by atoms with E-state index in [1.54, 1.807) is 37.5 Å². The number of fused-ring (bicyclic) bond motifs is 1. The van der Waals surface area contributed by atoms with Gasteiger partial charge >= 0.3 is 6.03 Å². The molecule has 1 amide bonds. The molecule has 0 unspecified atom stereocenters. The van der Waals surface area contributed by atoms with Crippen LogP contribution in [0.5, 0.6) is 0 Å². The Morgan fingerprint density at radius 1 is 1.44 bits per heavy atom. The summed E-state index contributed by atoms with van der Waals surface area (Å²) in [6.07, 6.45) is 4.56. The molecule has 0 fully saturated rings. The van der Waals surface area contributed by atoms with Crippen LogP contribution in [0.2, 0.25) is 0 Å². The van der Waals surface area contributed by atoms with E-state index in [1.165, 1.54) is 10.9 Å². The molecule has 0 atom stereocenters. The van der Waals surface area contributed by atoms with Gasteiger partial charge in [-0.1, -0.05) is 0 Å². The van der Waals surface area contributed by atoms with Crippen LogP contribution in [0.1, 0.15) is 5.89 Å². The van der Waals surface area contributed by atoms with Gasteiger partial charge in [0, 0.05) is 25.0 Å². The summed E-state index contributed by atoms with van der Waals surface area (Å²) in [5.41, 5.74) is 2.08. The summed E-state index contributed by atoms with van der Waals surface area (Å²) < 4.78 is 6.72. The lowest BCUT2D eigenvalue weighted by atomic mass is 10.3. The molecular weight excluding hydrogens is 232 g/mol. The van der Waals surface area contributed by atoms with Crippen LogP contribution in [-0.4, -0.2) is 20.6 Å². The van der Waals surface area contributed by atoms with E-state index in [0.29, 0.717) is 17.2 Å². The molecule has 2 aromatic heterocycles. The smallest absolute Gasteiger partial charge is 0.331 e. The first-order chi connectivity index (χ1) is 8.72. The number of rotatable bonds is 1. The Kier molecular flexibility index (Phi) is 2.33. The van der Waals surface area contributed by atoms with E-state index in [4.69, 9.17) is 4.42 Å². The minimum absolute atomic E-state index is 0.271. The molecule has 0 aliphatic rings. The van der Waals surface area contributed by atoms with Gasteiger partial charge in [-0.05, 0) is 18.2 Å². The molecule has 3 rings (SSSR count). The largest absolute Gasteiger partial charge is 0.441 e. The fourth-order valence-corrected chi connectivity index (χ4v) is 1.69. The first kappa shape index (κ1) is 10.5. The number of aromatic nitrogens is 3. The second kappa shape index (κ2) is 3.99. The molecule has 0 saturated heterocycles. The van der Waals surface area contributed by atoms with Crippen LogP contribution < -0.4 is 5.32 Å². The van der Waals surface area contributed by atoms with Crippen molar-refractivity contribution >= 4 is 22.8 Å². The highest BCUT2D eigenvalue weighted by Crippen LogP contribution is 2.19. The fraction of sp³-hybridized carbons (Fsp3) is 0.0833. The Bertz CT molecular complexity index is 700. The quantitative estimate of drug-likeness (QED) is 0.711. The van der Waals surface area contributed by atoms with Crippen molar-refractivity contribution in [3.63, 3.8) is 0 Å². The molecule has 1 aromatic carbocycles. The molecule has 0 spiro atoms. The van der Waals surface area contributed by atoms with Gasteiger partial charge in [0.25, 0.3) is 0 Å². The van der Waals surface area contributed by atoms with Crippen molar-refractivity contribution in [2.45, 2.75) is 6.92 Å². The summed E-state index contributed by atoms with van der Waals surface area (Å²) in [4.78, 5) is 19.8. The third kappa shape index (κ3) is 1.84. The maximum atomic E-state index is 11.8. The molecule has 0 aliphatic carbocycles. The molecule has 0 saturated carbocycles. The average molecular weight is 242 g/mol. The summed E-state index contributed by atoms with van der Waals surface area (Å²) in [5, 5.41) is 2.75. The topological polar surface area (TPSA) is 73.0 Å². The number of hydrogen-bond donors (Lipinski definition) is 1. The monoisotopic (exact) mass is 242 g/mol. The zero-order valence-corrected chi connectivity index (χ0v) is 9.62. The number of anilines is 1. The van der Waals surface area contributed by atoms with E-state index in [1.807, 2.05) is 0 Å². The minimum Gasteiger partial charge on any atom is -0.441 e. The molecule has 0 bridgehead atoms. The fourth-order valence-electron chi connectivity index (χ4n) is 1.69. The van der Waals surface area contributed by atoms with Gasteiger partial charge in [-0.25, -0.2) is 14.8 Å². The van der Waals surface area contributed by atoms with Crippen molar-refractivity contribution in [1.82, 2.24) is 14.5 Å². The van der Waals surface area contributed by atoms with Crippen molar-refractivity contribution in [1.29, 1.82) is 0 Å². The summed E-state index contributed by atoms with van der Waals surface area (Å²) in [7, 11) is 0. The number of carbonyl (C=O) groups is 1. The second-order valence-corrected chi connectivity index (χ2v) is 3.82. The minimum atomic E-state index is -0.271. The van der Waals surface area contributed by atoms with E-state index in [-0.39, 0.29) is 6.03 Å². The average Bonchev–Trinajstić information content (AvgIpc) is 2.95. The maximum Gasteiger partial charge on any atom is 0.331 e. The highest BCUT2D eigenvalue weighted by atomic mass is 16.3. The lowest BCUT2D eigenvalue weighted by Crippen LogP contribution is -2.17. The summed E-state index contributed by atoms with van der Waals surface area (Å²) in [5.74, 6) is 0.600. The molecular formula is C12H10N4O2. The van der Waals surface area contributed by atoms with Crippen molar-refractivity contribution in [3.8, 4) is 0 Å². The lowest BCUT2D eigenvalue weighted by molar-refractivity contribution is 0.253. The van der Waals surface area contributed by atoms with Crippen LogP contribution in [0.3, 0.4) is 0 Å². The normalized spacial score (nSPS) is 10.7. The zero-order valence-electron chi connectivity index (χ0n) is 9.62. The lowest BCUT2D eigenvalue weighted by Gasteiger charge is -2.04. The van der Waals surface area contributed by atoms with E-state index >= 15 is 0 Å². The summed E-state index contributed by atoms with van der Waals surface area (Å²) in [6, 6.07) is 5.04. The number of carbonyl (C=O) groups excluding carboxylic acids is 1. The molecule has 18 heavy (non-hydrogen) atoms. The molecule has 1 N–H and O–H groups in total. The van der Waals surface area contributed by atoms with Crippen LogP contribution in [0.4, 0.5) is 10.5 Å². The SMILES string of the molecule is Cc1nc2cc(NC(=O)n3ccnc3)ccc2o1. The Balaban J connectivity index is 1.88. The van der Waals surface area contributed by atoms with Crippen LogP contribution in [0, 0.1) is 6.92 Å². The Labute approximate surface area is 102 Å². The number of benzene rings is 1. The van der Waals surface area contributed by atoms with Gasteiger partial charge in [-0.2, -0.15) is 0 Å². The van der Waals surface area contributed by atoms with Gasteiger partial charge in [0.2, 0.25) is 0 Å². The Morgan fingerprint density at radius 3 is 3.11 bits per heavy atom. The van der Waals surface area contributed by atoms with Crippen molar-refractivity contribution < 1.29 is 9.21 Å². The van der Waals surface area contributed by atoms with Gasteiger partial charge < -0.3 is 9.73 Å². The number of oxazole rings is 1. The van der Waals surface area contributed by atoms with Crippen LogP contribution in [0.15, 0.2) is 41.3 Å². The number of hydrogen-bond acceptors (Lipinski definition) is 4. The first-order valence-corrected chi connectivity index (χ1v) is 5.39. The highest BCUT2D eigenvalue weighted by Gasteiger charge is 2.07. The van der Waals surface area contributed by atoms with Crippen molar-refractivity contribution in [2.75, 3.05) is 5.32 Å². The third-order valence-corrected chi connectivity index (χ3v) is 2.48. The molecule has 0 aliphatic heterocycles. The molecule has 6 heteroatoms. The number of nitrogens with one attached hydrogen (secondary N) is 1. The number of aryl methyl sites for hydroxylation is 1. The van der Waals surface area contributed by atoms with Gasteiger partial charge in [0.15, 0.2) is 11.5 Å². The van der Waals surface area contributed by atoms with Crippen LogP contribution in [-0.2, 0) is 0 Å². The highest BCUT2D eigenvalue weighted by molar-refractivity contribution is 5.92.